The lowest BCUT2D eigenvalue weighted by molar-refractivity contribution is 0.480. The molecular formula is C18H12Cl2FN3O. The zero-order valence-electron chi connectivity index (χ0n) is 13.3. The third-order valence-corrected chi connectivity index (χ3v) is 4.23. The number of nitrogens with zero attached hydrogens (tertiary/aromatic N) is 3. The molecule has 0 N–H and O–H groups in total. The van der Waals surface area contributed by atoms with Gasteiger partial charge in [0.15, 0.2) is 5.75 Å². The van der Waals surface area contributed by atoms with E-state index >= 15 is 0 Å². The summed E-state index contributed by atoms with van der Waals surface area (Å²) in [6.45, 7) is 1.79. The Kier molecular flexibility index (Phi) is 4.67. The third kappa shape index (κ3) is 3.32. The summed E-state index contributed by atoms with van der Waals surface area (Å²) in [6, 6.07) is 10.9. The van der Waals surface area contributed by atoms with E-state index in [0.717, 1.165) is 0 Å². The first kappa shape index (κ1) is 17.3. The van der Waals surface area contributed by atoms with Crippen molar-refractivity contribution in [3.8, 4) is 28.8 Å². The molecule has 0 aliphatic rings. The summed E-state index contributed by atoms with van der Waals surface area (Å²) in [7, 11) is 1.75. The minimum absolute atomic E-state index is 0.249. The second-order valence-corrected chi connectivity index (χ2v) is 6.18. The molecule has 25 heavy (non-hydrogen) atoms. The van der Waals surface area contributed by atoms with Gasteiger partial charge in [0.25, 0.3) is 0 Å². The van der Waals surface area contributed by atoms with Crippen LogP contribution in [0.2, 0.25) is 10.0 Å². The topological polar surface area (TPSA) is 50.8 Å². The molecule has 3 rings (SSSR count). The van der Waals surface area contributed by atoms with Gasteiger partial charge in [0.1, 0.15) is 23.0 Å². The van der Waals surface area contributed by atoms with Crippen LogP contribution >= 0.6 is 23.2 Å². The number of nitriles is 1. The lowest BCUT2D eigenvalue weighted by atomic mass is 10.1. The summed E-state index contributed by atoms with van der Waals surface area (Å²) in [4.78, 5) is 0. The number of hydrogen-bond donors (Lipinski definition) is 0. The predicted octanol–water partition coefficient (Wildman–Crippen LogP) is 5.51. The van der Waals surface area contributed by atoms with Crippen molar-refractivity contribution in [1.82, 2.24) is 9.78 Å². The minimum Gasteiger partial charge on any atom is -0.452 e. The quantitative estimate of drug-likeness (QED) is 0.606. The largest absolute Gasteiger partial charge is 0.452 e. The maximum atomic E-state index is 13.4. The SMILES string of the molecule is Cc1nn(C)c(-c2ccc(F)cc2Cl)c1Oc1ccc(C#N)cc1Cl. The van der Waals surface area contributed by atoms with E-state index in [1.54, 1.807) is 36.9 Å². The highest BCUT2D eigenvalue weighted by Gasteiger charge is 2.20. The Morgan fingerprint density at radius 1 is 1.16 bits per heavy atom. The van der Waals surface area contributed by atoms with Crippen molar-refractivity contribution in [3.63, 3.8) is 0 Å². The molecule has 1 aromatic heterocycles. The van der Waals surface area contributed by atoms with Crippen LogP contribution in [-0.4, -0.2) is 9.78 Å². The molecule has 0 amide bonds. The molecule has 0 fully saturated rings. The Balaban J connectivity index is 2.10. The monoisotopic (exact) mass is 375 g/mol. The molecule has 0 unspecified atom stereocenters. The van der Waals surface area contributed by atoms with Crippen LogP contribution in [0.5, 0.6) is 11.5 Å². The lowest BCUT2D eigenvalue weighted by Crippen LogP contribution is -1.96. The number of hydrogen-bond acceptors (Lipinski definition) is 3. The van der Waals surface area contributed by atoms with Crippen LogP contribution in [0.4, 0.5) is 4.39 Å². The standard InChI is InChI=1S/C18H12Cl2FN3O/c1-10-18(25-16-6-3-11(9-22)7-15(16)20)17(24(2)23-10)13-5-4-12(21)8-14(13)19/h3-8H,1-2H3. The molecule has 4 nitrogen and oxygen atoms in total. The second kappa shape index (κ2) is 6.75. The van der Waals surface area contributed by atoms with E-state index in [4.69, 9.17) is 33.2 Å². The molecule has 0 spiro atoms. The van der Waals surface area contributed by atoms with Crippen molar-refractivity contribution in [1.29, 1.82) is 5.26 Å². The van der Waals surface area contributed by atoms with Crippen LogP contribution in [0.15, 0.2) is 36.4 Å². The number of ether oxygens (including phenoxy) is 1. The summed E-state index contributed by atoms with van der Waals surface area (Å²) in [6.07, 6.45) is 0. The van der Waals surface area contributed by atoms with Crippen LogP contribution in [0.3, 0.4) is 0 Å². The minimum atomic E-state index is -0.426. The molecular weight excluding hydrogens is 364 g/mol. The van der Waals surface area contributed by atoms with Gasteiger partial charge in [-0.05, 0) is 43.3 Å². The van der Waals surface area contributed by atoms with Gasteiger partial charge in [0, 0.05) is 12.6 Å². The maximum Gasteiger partial charge on any atom is 0.176 e. The van der Waals surface area contributed by atoms with Gasteiger partial charge in [-0.1, -0.05) is 23.2 Å². The van der Waals surface area contributed by atoms with Crippen molar-refractivity contribution < 1.29 is 9.13 Å². The van der Waals surface area contributed by atoms with E-state index < -0.39 is 5.82 Å². The van der Waals surface area contributed by atoms with Crippen molar-refractivity contribution >= 4 is 23.2 Å². The van der Waals surface area contributed by atoms with Crippen molar-refractivity contribution in [2.75, 3.05) is 0 Å². The molecule has 7 heteroatoms. The highest BCUT2D eigenvalue weighted by Crippen LogP contribution is 2.40. The van der Waals surface area contributed by atoms with Crippen molar-refractivity contribution in [2.45, 2.75) is 6.92 Å². The maximum absolute atomic E-state index is 13.4. The van der Waals surface area contributed by atoms with Gasteiger partial charge < -0.3 is 4.74 Å². The molecule has 0 radical (unpaired) electrons. The first-order chi connectivity index (χ1) is 11.9. The Hall–Kier alpha value is -2.55. The van der Waals surface area contributed by atoms with Crippen LogP contribution < -0.4 is 4.74 Å². The summed E-state index contributed by atoms with van der Waals surface area (Å²) in [5, 5.41) is 13.8. The molecule has 2 aromatic carbocycles. The first-order valence-corrected chi connectivity index (χ1v) is 8.03. The van der Waals surface area contributed by atoms with Gasteiger partial charge in [-0.15, -0.1) is 0 Å². The number of rotatable bonds is 3. The van der Waals surface area contributed by atoms with E-state index in [9.17, 15) is 4.39 Å². The molecule has 0 aliphatic carbocycles. The number of benzene rings is 2. The zero-order chi connectivity index (χ0) is 18.1. The van der Waals surface area contributed by atoms with Crippen molar-refractivity contribution in [3.05, 3.63) is 63.5 Å². The first-order valence-electron chi connectivity index (χ1n) is 7.27. The van der Waals surface area contributed by atoms with Gasteiger partial charge in [0.2, 0.25) is 0 Å². The highest BCUT2D eigenvalue weighted by molar-refractivity contribution is 6.33. The Morgan fingerprint density at radius 3 is 2.56 bits per heavy atom. The van der Waals surface area contributed by atoms with E-state index in [1.807, 2.05) is 6.07 Å². The molecule has 3 aromatic rings. The zero-order valence-corrected chi connectivity index (χ0v) is 14.9. The van der Waals surface area contributed by atoms with Crippen molar-refractivity contribution in [2.24, 2.45) is 7.05 Å². The highest BCUT2D eigenvalue weighted by atomic mass is 35.5. The van der Waals surface area contributed by atoms with E-state index in [0.29, 0.717) is 39.0 Å². The molecule has 0 atom stereocenters. The number of halogens is 3. The van der Waals surface area contributed by atoms with E-state index in [2.05, 4.69) is 5.10 Å². The van der Waals surface area contributed by atoms with Gasteiger partial charge in [0.05, 0.1) is 21.7 Å². The smallest absolute Gasteiger partial charge is 0.176 e. The number of aromatic nitrogens is 2. The average molecular weight is 376 g/mol. The molecule has 0 bridgehead atoms. The van der Waals surface area contributed by atoms with E-state index in [-0.39, 0.29) is 5.02 Å². The fraction of sp³-hybridized carbons (Fsp3) is 0.111. The fourth-order valence-electron chi connectivity index (χ4n) is 2.50. The average Bonchev–Trinajstić information content (AvgIpc) is 2.83. The van der Waals surface area contributed by atoms with Crippen LogP contribution in [0.1, 0.15) is 11.3 Å². The molecule has 0 saturated carbocycles. The van der Waals surface area contributed by atoms with E-state index in [1.165, 1.54) is 18.2 Å². The molecule has 0 saturated heterocycles. The molecule has 126 valence electrons. The lowest BCUT2D eigenvalue weighted by Gasteiger charge is -2.11. The third-order valence-electron chi connectivity index (χ3n) is 3.63. The number of aryl methyl sites for hydroxylation is 2. The Morgan fingerprint density at radius 2 is 1.92 bits per heavy atom. The Labute approximate surface area is 154 Å². The summed E-state index contributed by atoms with van der Waals surface area (Å²) in [5.74, 6) is 0.420. The fourth-order valence-corrected chi connectivity index (χ4v) is 2.98. The predicted molar refractivity (Wildman–Crippen MR) is 94.6 cm³/mol. The second-order valence-electron chi connectivity index (χ2n) is 5.37. The summed E-state index contributed by atoms with van der Waals surface area (Å²) in [5.41, 5.74) is 2.24. The van der Waals surface area contributed by atoms with Gasteiger partial charge in [-0.25, -0.2) is 4.39 Å². The molecule has 0 aliphatic heterocycles. The van der Waals surface area contributed by atoms with Gasteiger partial charge >= 0.3 is 0 Å². The summed E-state index contributed by atoms with van der Waals surface area (Å²) < 4.78 is 20.9. The van der Waals surface area contributed by atoms with Gasteiger partial charge in [-0.2, -0.15) is 10.4 Å². The Bertz CT molecular complexity index is 1010. The van der Waals surface area contributed by atoms with Crippen LogP contribution in [-0.2, 0) is 7.05 Å². The summed E-state index contributed by atoms with van der Waals surface area (Å²) >= 11 is 12.4. The molecule has 1 heterocycles. The van der Waals surface area contributed by atoms with Gasteiger partial charge in [-0.3, -0.25) is 4.68 Å². The van der Waals surface area contributed by atoms with Crippen LogP contribution in [0, 0.1) is 24.1 Å². The van der Waals surface area contributed by atoms with Crippen LogP contribution in [0.25, 0.3) is 11.3 Å². The normalized spacial score (nSPS) is 10.6.